The maximum atomic E-state index is 6.06. The average Bonchev–Trinajstić information content (AvgIpc) is 3.27. The van der Waals surface area contributed by atoms with Gasteiger partial charge >= 0.3 is 0 Å². The summed E-state index contributed by atoms with van der Waals surface area (Å²) in [5.41, 5.74) is 4.71. The molecule has 3 aromatic heterocycles. The van der Waals surface area contributed by atoms with Gasteiger partial charge < -0.3 is 4.57 Å². The molecule has 0 unspecified atom stereocenters. The summed E-state index contributed by atoms with van der Waals surface area (Å²) in [6.45, 7) is 0. The Labute approximate surface area is 162 Å². The van der Waals surface area contributed by atoms with Crippen LogP contribution in [0.15, 0.2) is 71.9 Å². The fraction of sp³-hybridized carbons (Fsp3) is 0. The van der Waals surface area contributed by atoms with Crippen molar-refractivity contribution < 1.29 is 0 Å². The number of hydrogen-bond acceptors (Lipinski definition) is 3. The van der Waals surface area contributed by atoms with E-state index in [4.69, 9.17) is 11.6 Å². The average molecular weight is 425 g/mol. The largest absolute Gasteiger partial charge is 0.301 e. The Balaban J connectivity index is 1.87. The van der Waals surface area contributed by atoms with Crippen molar-refractivity contribution in [2.45, 2.75) is 0 Å². The van der Waals surface area contributed by atoms with Crippen LogP contribution in [-0.4, -0.2) is 24.1 Å². The Kier molecular flexibility index (Phi) is 3.55. The predicted octanol–water partition coefficient (Wildman–Crippen LogP) is 5.15. The van der Waals surface area contributed by atoms with Gasteiger partial charge in [-0.25, -0.2) is 14.5 Å². The highest BCUT2D eigenvalue weighted by Crippen LogP contribution is 2.34. The van der Waals surface area contributed by atoms with E-state index in [0.717, 1.165) is 38.0 Å². The number of rotatable bonds is 2. The zero-order valence-electron chi connectivity index (χ0n) is 13.3. The highest BCUT2D eigenvalue weighted by atomic mass is 79.9. The second kappa shape index (κ2) is 5.93. The molecule has 0 bridgehead atoms. The molecule has 0 radical (unpaired) electrons. The van der Waals surface area contributed by atoms with Crippen LogP contribution in [0.3, 0.4) is 0 Å². The molecular formula is C19H11BrClN5. The number of nitrogens with zero attached hydrogens (tertiary/aromatic N) is 5. The summed E-state index contributed by atoms with van der Waals surface area (Å²) < 4.78 is 4.79. The van der Waals surface area contributed by atoms with Crippen LogP contribution in [0.25, 0.3) is 33.5 Å². The summed E-state index contributed by atoms with van der Waals surface area (Å²) in [6.07, 6.45) is 5.31. The van der Waals surface area contributed by atoms with Gasteiger partial charge in [0.2, 0.25) is 0 Å². The lowest BCUT2D eigenvalue weighted by Crippen LogP contribution is -1.96. The minimum atomic E-state index is 0.705. The predicted molar refractivity (Wildman–Crippen MR) is 106 cm³/mol. The van der Waals surface area contributed by atoms with Crippen LogP contribution in [-0.2, 0) is 0 Å². The molecule has 0 saturated carbocycles. The molecular weight excluding hydrogens is 414 g/mol. The molecule has 3 heterocycles. The molecule has 7 heteroatoms. The van der Waals surface area contributed by atoms with Crippen molar-refractivity contribution in [2.24, 2.45) is 0 Å². The van der Waals surface area contributed by atoms with E-state index in [9.17, 15) is 0 Å². The van der Waals surface area contributed by atoms with Gasteiger partial charge in [0, 0.05) is 26.9 Å². The molecule has 5 rings (SSSR count). The Morgan fingerprint density at radius 2 is 1.65 bits per heavy atom. The van der Waals surface area contributed by atoms with Gasteiger partial charge in [-0.3, -0.25) is 0 Å². The fourth-order valence-electron chi connectivity index (χ4n) is 3.11. The molecule has 5 aromatic rings. The maximum Gasteiger partial charge on any atom is 0.168 e. The first-order valence-corrected chi connectivity index (χ1v) is 9.09. The minimum Gasteiger partial charge on any atom is -0.301 e. The summed E-state index contributed by atoms with van der Waals surface area (Å²) in [5.74, 6) is 0. The smallest absolute Gasteiger partial charge is 0.168 e. The Morgan fingerprint density at radius 1 is 0.885 bits per heavy atom. The van der Waals surface area contributed by atoms with E-state index >= 15 is 0 Å². The van der Waals surface area contributed by atoms with Crippen molar-refractivity contribution >= 4 is 44.2 Å². The third-order valence-corrected chi connectivity index (χ3v) is 5.11. The SMILES string of the molecule is Clc1ccc(-c2cn(-c3ccc(Br)cc3)c3ncn4ncnc4c23)cc1. The molecule has 126 valence electrons. The van der Waals surface area contributed by atoms with Crippen LogP contribution in [0.1, 0.15) is 0 Å². The number of fused-ring (bicyclic) bond motifs is 3. The number of aromatic nitrogens is 5. The topological polar surface area (TPSA) is 48.0 Å². The molecule has 5 nitrogen and oxygen atoms in total. The molecule has 2 aromatic carbocycles. The minimum absolute atomic E-state index is 0.705. The van der Waals surface area contributed by atoms with E-state index in [1.807, 2.05) is 48.5 Å². The van der Waals surface area contributed by atoms with Crippen molar-refractivity contribution in [1.29, 1.82) is 0 Å². The lowest BCUT2D eigenvalue weighted by molar-refractivity contribution is 0.926. The molecule has 0 fully saturated rings. The standard InChI is InChI=1S/C19H11BrClN5/c20-13-3-7-15(8-4-13)25-9-16(12-1-5-14(21)6-2-12)17-18(25)23-11-26-19(17)22-10-24-26/h1-11H. The summed E-state index contributed by atoms with van der Waals surface area (Å²) in [6, 6.07) is 15.9. The van der Waals surface area contributed by atoms with Crippen LogP contribution < -0.4 is 0 Å². The first-order chi connectivity index (χ1) is 12.7. The Morgan fingerprint density at radius 3 is 2.42 bits per heavy atom. The number of halogens is 2. The van der Waals surface area contributed by atoms with Gasteiger partial charge in [0.1, 0.15) is 12.7 Å². The molecule has 0 N–H and O–H groups in total. The molecule has 0 atom stereocenters. The molecule has 0 aliphatic rings. The second-order valence-corrected chi connectivity index (χ2v) is 7.22. The molecule has 0 aliphatic carbocycles. The van der Waals surface area contributed by atoms with Gasteiger partial charge in [0.05, 0.1) is 5.39 Å². The quantitative estimate of drug-likeness (QED) is 0.394. The van der Waals surface area contributed by atoms with Crippen LogP contribution in [0.2, 0.25) is 5.02 Å². The molecule has 0 spiro atoms. The lowest BCUT2D eigenvalue weighted by Gasteiger charge is -2.04. The van der Waals surface area contributed by atoms with Crippen LogP contribution >= 0.6 is 27.5 Å². The van der Waals surface area contributed by atoms with Gasteiger partial charge in [-0.15, -0.1) is 0 Å². The van der Waals surface area contributed by atoms with Gasteiger partial charge in [-0.05, 0) is 42.0 Å². The van der Waals surface area contributed by atoms with E-state index in [2.05, 4.69) is 41.8 Å². The van der Waals surface area contributed by atoms with Crippen molar-refractivity contribution in [3.05, 3.63) is 76.9 Å². The molecule has 0 aliphatic heterocycles. The normalized spacial score (nSPS) is 11.5. The first kappa shape index (κ1) is 15.5. The highest BCUT2D eigenvalue weighted by molar-refractivity contribution is 9.10. The molecule has 26 heavy (non-hydrogen) atoms. The maximum absolute atomic E-state index is 6.06. The van der Waals surface area contributed by atoms with Crippen LogP contribution in [0.5, 0.6) is 0 Å². The fourth-order valence-corrected chi connectivity index (χ4v) is 3.50. The highest BCUT2D eigenvalue weighted by Gasteiger charge is 2.17. The lowest BCUT2D eigenvalue weighted by atomic mass is 10.1. The first-order valence-electron chi connectivity index (χ1n) is 7.92. The van der Waals surface area contributed by atoms with Crippen molar-refractivity contribution in [3.8, 4) is 16.8 Å². The summed E-state index contributed by atoms with van der Waals surface area (Å²) in [5, 5.41) is 5.88. The molecule has 0 amide bonds. The summed E-state index contributed by atoms with van der Waals surface area (Å²) >= 11 is 9.55. The van der Waals surface area contributed by atoms with Gasteiger partial charge in [-0.1, -0.05) is 39.7 Å². The van der Waals surface area contributed by atoms with Crippen molar-refractivity contribution in [3.63, 3.8) is 0 Å². The number of benzene rings is 2. The summed E-state index contributed by atoms with van der Waals surface area (Å²) in [4.78, 5) is 9.07. The third-order valence-electron chi connectivity index (χ3n) is 4.33. The van der Waals surface area contributed by atoms with Crippen molar-refractivity contribution in [1.82, 2.24) is 24.1 Å². The Bertz CT molecular complexity index is 1240. The van der Waals surface area contributed by atoms with Gasteiger partial charge in [0.25, 0.3) is 0 Å². The van der Waals surface area contributed by atoms with E-state index in [0.29, 0.717) is 5.02 Å². The zero-order chi connectivity index (χ0) is 17.7. The number of hydrogen-bond donors (Lipinski definition) is 0. The van der Waals surface area contributed by atoms with Crippen LogP contribution in [0.4, 0.5) is 0 Å². The van der Waals surface area contributed by atoms with E-state index in [1.165, 1.54) is 0 Å². The van der Waals surface area contributed by atoms with Crippen LogP contribution in [0, 0.1) is 0 Å². The van der Waals surface area contributed by atoms with E-state index in [-0.39, 0.29) is 0 Å². The zero-order valence-corrected chi connectivity index (χ0v) is 15.7. The third kappa shape index (κ3) is 2.41. The Hall–Kier alpha value is -2.70. The monoisotopic (exact) mass is 423 g/mol. The second-order valence-electron chi connectivity index (χ2n) is 5.87. The van der Waals surface area contributed by atoms with Gasteiger partial charge in [0.15, 0.2) is 11.3 Å². The van der Waals surface area contributed by atoms with E-state index in [1.54, 1.807) is 17.2 Å². The van der Waals surface area contributed by atoms with Crippen molar-refractivity contribution in [2.75, 3.05) is 0 Å². The molecule has 0 saturated heterocycles. The van der Waals surface area contributed by atoms with E-state index < -0.39 is 0 Å². The summed E-state index contributed by atoms with van der Waals surface area (Å²) in [7, 11) is 0. The van der Waals surface area contributed by atoms with Gasteiger partial charge in [-0.2, -0.15) is 5.10 Å².